The molecular formula is C12H19NO. The smallest absolute Gasteiger partial charge is 0.0856 e. The highest BCUT2D eigenvalue weighted by molar-refractivity contribution is 5.26. The molecule has 78 valence electrons. The lowest BCUT2D eigenvalue weighted by Crippen LogP contribution is -2.03. The van der Waals surface area contributed by atoms with Gasteiger partial charge in [0.15, 0.2) is 0 Å². The molecule has 0 saturated heterocycles. The first-order valence-corrected chi connectivity index (χ1v) is 5.16. The molecular weight excluding hydrogens is 174 g/mol. The van der Waals surface area contributed by atoms with E-state index in [1.807, 2.05) is 0 Å². The molecule has 1 rings (SSSR count). The molecule has 1 heterocycles. The second-order valence-electron chi connectivity index (χ2n) is 4.24. The van der Waals surface area contributed by atoms with Crippen LogP contribution in [0.2, 0.25) is 0 Å². The van der Waals surface area contributed by atoms with Crippen molar-refractivity contribution in [2.75, 3.05) is 0 Å². The Morgan fingerprint density at radius 2 is 1.79 bits per heavy atom. The average molecular weight is 193 g/mol. The van der Waals surface area contributed by atoms with E-state index in [4.69, 9.17) is 0 Å². The van der Waals surface area contributed by atoms with Crippen molar-refractivity contribution in [2.45, 2.75) is 46.1 Å². The summed E-state index contributed by atoms with van der Waals surface area (Å²) in [4.78, 5) is 4.46. The number of nitrogens with zero attached hydrogens (tertiary/aromatic N) is 1. The first-order valence-electron chi connectivity index (χ1n) is 5.16. The van der Waals surface area contributed by atoms with Crippen LogP contribution in [0.25, 0.3) is 0 Å². The molecule has 0 fully saturated rings. The molecule has 0 radical (unpaired) electrons. The summed E-state index contributed by atoms with van der Waals surface area (Å²) in [6.45, 7) is 8.49. The molecule has 0 bridgehead atoms. The molecule has 1 aromatic rings. The second-order valence-corrected chi connectivity index (χ2v) is 4.24. The van der Waals surface area contributed by atoms with Crippen LogP contribution >= 0.6 is 0 Å². The van der Waals surface area contributed by atoms with Crippen molar-refractivity contribution in [2.24, 2.45) is 0 Å². The van der Waals surface area contributed by atoms with Crippen molar-refractivity contribution >= 4 is 0 Å². The van der Waals surface area contributed by atoms with Crippen LogP contribution < -0.4 is 0 Å². The summed E-state index contributed by atoms with van der Waals surface area (Å²) in [6.07, 6.45) is 0. The number of aromatic nitrogens is 1. The Kier molecular flexibility index (Phi) is 3.64. The van der Waals surface area contributed by atoms with Crippen LogP contribution in [0, 0.1) is 0 Å². The van der Waals surface area contributed by atoms with Crippen molar-refractivity contribution in [3.63, 3.8) is 0 Å². The van der Waals surface area contributed by atoms with E-state index in [1.165, 1.54) is 0 Å². The van der Waals surface area contributed by atoms with E-state index in [2.05, 4.69) is 44.8 Å². The summed E-state index contributed by atoms with van der Waals surface area (Å²) >= 11 is 0. The monoisotopic (exact) mass is 193 g/mol. The molecule has 2 nitrogen and oxygen atoms in total. The minimum absolute atomic E-state index is 0.0358. The van der Waals surface area contributed by atoms with E-state index in [-0.39, 0.29) is 6.61 Å². The molecule has 0 unspecified atom stereocenters. The number of aliphatic hydroxyl groups is 1. The third-order valence-corrected chi connectivity index (χ3v) is 2.39. The van der Waals surface area contributed by atoms with Crippen LogP contribution in [0.3, 0.4) is 0 Å². The van der Waals surface area contributed by atoms with Crippen molar-refractivity contribution < 1.29 is 5.11 Å². The summed E-state index contributed by atoms with van der Waals surface area (Å²) in [6, 6.07) is 4.14. The SMILES string of the molecule is CC(C)c1ccc(C(C)C)c(CO)n1. The van der Waals surface area contributed by atoms with E-state index >= 15 is 0 Å². The molecule has 0 saturated carbocycles. The van der Waals surface area contributed by atoms with Gasteiger partial charge in [-0.1, -0.05) is 33.8 Å². The Hall–Kier alpha value is -0.890. The van der Waals surface area contributed by atoms with E-state index in [1.54, 1.807) is 0 Å². The van der Waals surface area contributed by atoms with Gasteiger partial charge < -0.3 is 5.11 Å². The number of hydrogen-bond donors (Lipinski definition) is 1. The fourth-order valence-corrected chi connectivity index (χ4v) is 1.50. The fraction of sp³-hybridized carbons (Fsp3) is 0.583. The number of hydrogen-bond acceptors (Lipinski definition) is 2. The van der Waals surface area contributed by atoms with Crippen LogP contribution in [0.4, 0.5) is 0 Å². The van der Waals surface area contributed by atoms with Gasteiger partial charge in [-0.2, -0.15) is 0 Å². The number of pyridine rings is 1. The zero-order chi connectivity index (χ0) is 10.7. The first kappa shape index (κ1) is 11.2. The molecule has 2 heteroatoms. The van der Waals surface area contributed by atoms with Gasteiger partial charge in [0.2, 0.25) is 0 Å². The van der Waals surface area contributed by atoms with Gasteiger partial charge in [0, 0.05) is 5.69 Å². The normalized spacial score (nSPS) is 11.4. The quantitative estimate of drug-likeness (QED) is 0.800. The Labute approximate surface area is 86.0 Å². The van der Waals surface area contributed by atoms with Crippen molar-refractivity contribution in [3.8, 4) is 0 Å². The van der Waals surface area contributed by atoms with E-state index in [0.717, 1.165) is 17.0 Å². The van der Waals surface area contributed by atoms with Gasteiger partial charge in [-0.15, -0.1) is 0 Å². The first-order chi connectivity index (χ1) is 6.56. The van der Waals surface area contributed by atoms with E-state index in [9.17, 15) is 5.11 Å². The van der Waals surface area contributed by atoms with Gasteiger partial charge in [-0.25, -0.2) is 0 Å². The van der Waals surface area contributed by atoms with Crippen LogP contribution in [0.5, 0.6) is 0 Å². The molecule has 0 atom stereocenters. The maximum atomic E-state index is 9.21. The molecule has 1 aromatic heterocycles. The van der Waals surface area contributed by atoms with Crippen LogP contribution in [-0.2, 0) is 6.61 Å². The minimum atomic E-state index is 0.0358. The Balaban J connectivity index is 3.11. The van der Waals surface area contributed by atoms with E-state index < -0.39 is 0 Å². The lowest BCUT2D eigenvalue weighted by molar-refractivity contribution is 0.274. The molecule has 0 aliphatic rings. The highest BCUT2D eigenvalue weighted by Crippen LogP contribution is 2.21. The Bertz CT molecular complexity index is 305. The second kappa shape index (κ2) is 4.56. The van der Waals surface area contributed by atoms with Crippen molar-refractivity contribution in [1.29, 1.82) is 0 Å². The zero-order valence-electron chi connectivity index (χ0n) is 9.41. The molecule has 14 heavy (non-hydrogen) atoms. The molecule has 0 aliphatic heterocycles. The van der Waals surface area contributed by atoms with Gasteiger partial charge in [-0.3, -0.25) is 4.98 Å². The largest absolute Gasteiger partial charge is 0.390 e. The Morgan fingerprint density at radius 3 is 2.21 bits per heavy atom. The predicted molar refractivity (Wildman–Crippen MR) is 58.3 cm³/mol. The third kappa shape index (κ3) is 2.32. The van der Waals surface area contributed by atoms with Crippen LogP contribution in [-0.4, -0.2) is 10.1 Å². The van der Waals surface area contributed by atoms with Crippen molar-refractivity contribution in [1.82, 2.24) is 4.98 Å². The van der Waals surface area contributed by atoms with E-state index in [0.29, 0.717) is 11.8 Å². The standard InChI is InChI=1S/C12H19NO/c1-8(2)10-5-6-11(9(3)4)13-12(10)7-14/h5-6,8-9,14H,7H2,1-4H3. The molecule has 0 aromatic carbocycles. The molecule has 0 spiro atoms. The van der Waals surface area contributed by atoms with Gasteiger partial charge in [-0.05, 0) is 23.5 Å². The predicted octanol–water partition coefficient (Wildman–Crippen LogP) is 2.82. The van der Waals surface area contributed by atoms with Crippen LogP contribution in [0.15, 0.2) is 12.1 Å². The highest BCUT2D eigenvalue weighted by Gasteiger charge is 2.09. The average Bonchev–Trinajstić information content (AvgIpc) is 2.16. The van der Waals surface area contributed by atoms with Gasteiger partial charge in [0.05, 0.1) is 12.3 Å². The number of rotatable bonds is 3. The topological polar surface area (TPSA) is 33.1 Å². The van der Waals surface area contributed by atoms with Crippen LogP contribution in [0.1, 0.15) is 56.5 Å². The Morgan fingerprint density at radius 1 is 1.14 bits per heavy atom. The molecule has 0 aliphatic carbocycles. The van der Waals surface area contributed by atoms with Gasteiger partial charge in [0.1, 0.15) is 0 Å². The fourth-order valence-electron chi connectivity index (χ4n) is 1.50. The summed E-state index contributed by atoms with van der Waals surface area (Å²) in [7, 11) is 0. The summed E-state index contributed by atoms with van der Waals surface area (Å²) in [5.41, 5.74) is 3.03. The lowest BCUT2D eigenvalue weighted by atomic mass is 9.99. The highest BCUT2D eigenvalue weighted by atomic mass is 16.3. The summed E-state index contributed by atoms with van der Waals surface area (Å²) in [5, 5.41) is 9.21. The molecule has 0 amide bonds. The lowest BCUT2D eigenvalue weighted by Gasteiger charge is -2.13. The van der Waals surface area contributed by atoms with Crippen molar-refractivity contribution in [3.05, 3.63) is 29.1 Å². The zero-order valence-corrected chi connectivity index (χ0v) is 9.41. The minimum Gasteiger partial charge on any atom is -0.390 e. The third-order valence-electron chi connectivity index (χ3n) is 2.39. The summed E-state index contributed by atoms with van der Waals surface area (Å²) in [5.74, 6) is 0.840. The summed E-state index contributed by atoms with van der Waals surface area (Å²) < 4.78 is 0. The maximum Gasteiger partial charge on any atom is 0.0856 e. The number of aliphatic hydroxyl groups excluding tert-OH is 1. The van der Waals surface area contributed by atoms with Gasteiger partial charge in [0.25, 0.3) is 0 Å². The molecule has 1 N–H and O–H groups in total. The van der Waals surface area contributed by atoms with Gasteiger partial charge >= 0.3 is 0 Å². The maximum absolute atomic E-state index is 9.21.